The van der Waals surface area contributed by atoms with Gasteiger partial charge in [-0.3, -0.25) is 0 Å². The Labute approximate surface area is 127 Å². The largest absolute Gasteiger partial charge is 0.492 e. The molecule has 0 unspecified atom stereocenters. The minimum Gasteiger partial charge on any atom is -0.492 e. The average Bonchev–Trinajstić information content (AvgIpc) is 2.54. The quantitative estimate of drug-likeness (QED) is 0.809. The van der Waals surface area contributed by atoms with Crippen LogP contribution in [0.3, 0.4) is 0 Å². The topological polar surface area (TPSA) is 38.5 Å². The molecule has 0 atom stereocenters. The Kier molecular flexibility index (Phi) is 6.10. The molecular formula is C18H24N2O. The summed E-state index contributed by atoms with van der Waals surface area (Å²) in [4.78, 5) is 2.31. The van der Waals surface area contributed by atoms with Crippen molar-refractivity contribution < 1.29 is 4.74 Å². The average molecular weight is 284 g/mol. The van der Waals surface area contributed by atoms with Crippen molar-refractivity contribution in [1.82, 2.24) is 0 Å². The summed E-state index contributed by atoms with van der Waals surface area (Å²) < 4.78 is 5.82. The van der Waals surface area contributed by atoms with Crippen LogP contribution in [0.2, 0.25) is 0 Å². The van der Waals surface area contributed by atoms with Gasteiger partial charge >= 0.3 is 0 Å². The van der Waals surface area contributed by atoms with E-state index in [1.807, 2.05) is 18.2 Å². The molecule has 0 saturated heterocycles. The van der Waals surface area contributed by atoms with Crippen LogP contribution in [-0.2, 0) is 6.42 Å². The first-order valence-electron chi connectivity index (χ1n) is 7.55. The number of para-hydroxylation sites is 1. The summed E-state index contributed by atoms with van der Waals surface area (Å²) in [6.45, 7) is 5.38. The normalized spacial score (nSPS) is 10.4. The van der Waals surface area contributed by atoms with Crippen LogP contribution in [0.5, 0.6) is 5.75 Å². The summed E-state index contributed by atoms with van der Waals surface area (Å²) in [5, 5.41) is 0. The summed E-state index contributed by atoms with van der Waals surface area (Å²) in [7, 11) is 0. The third-order valence-corrected chi connectivity index (χ3v) is 3.49. The van der Waals surface area contributed by atoms with E-state index in [1.54, 1.807) is 0 Å². The maximum Gasteiger partial charge on any atom is 0.119 e. The van der Waals surface area contributed by atoms with Crippen LogP contribution in [0, 0.1) is 0 Å². The number of benzene rings is 2. The van der Waals surface area contributed by atoms with Crippen LogP contribution in [0.4, 0.5) is 5.69 Å². The number of hydrogen-bond acceptors (Lipinski definition) is 3. The van der Waals surface area contributed by atoms with E-state index in [4.69, 9.17) is 10.5 Å². The zero-order valence-corrected chi connectivity index (χ0v) is 12.7. The Morgan fingerprint density at radius 1 is 1.00 bits per heavy atom. The smallest absolute Gasteiger partial charge is 0.119 e. The van der Waals surface area contributed by atoms with Crippen LogP contribution >= 0.6 is 0 Å². The second-order valence-corrected chi connectivity index (χ2v) is 4.95. The van der Waals surface area contributed by atoms with Gasteiger partial charge in [-0.2, -0.15) is 0 Å². The number of hydrogen-bond donors (Lipinski definition) is 1. The van der Waals surface area contributed by atoms with Crippen molar-refractivity contribution in [2.45, 2.75) is 13.3 Å². The Balaban J connectivity index is 1.82. The molecule has 0 bridgehead atoms. The standard InChI is InChI=1S/C18H24N2O/c1-2-20(17-6-4-3-5-7-17)14-15-21-18-10-8-16(9-11-18)12-13-19/h3-11H,2,12-15,19H2,1H3. The summed E-state index contributed by atoms with van der Waals surface area (Å²) in [5.74, 6) is 0.917. The van der Waals surface area contributed by atoms with E-state index in [0.717, 1.165) is 25.3 Å². The highest BCUT2D eigenvalue weighted by Crippen LogP contribution is 2.14. The van der Waals surface area contributed by atoms with Gasteiger partial charge in [-0.15, -0.1) is 0 Å². The number of anilines is 1. The predicted octanol–water partition coefficient (Wildman–Crippen LogP) is 3.09. The van der Waals surface area contributed by atoms with Gasteiger partial charge in [-0.1, -0.05) is 30.3 Å². The van der Waals surface area contributed by atoms with Gasteiger partial charge in [-0.05, 0) is 49.7 Å². The van der Waals surface area contributed by atoms with E-state index in [-0.39, 0.29) is 0 Å². The monoisotopic (exact) mass is 284 g/mol. The summed E-state index contributed by atoms with van der Waals surface area (Å²) in [5.41, 5.74) is 8.04. The number of ether oxygens (including phenoxy) is 1. The maximum atomic E-state index is 5.82. The lowest BCUT2D eigenvalue weighted by Gasteiger charge is -2.23. The molecular weight excluding hydrogens is 260 g/mol. The molecule has 0 aromatic heterocycles. The van der Waals surface area contributed by atoms with Gasteiger partial charge in [0.05, 0.1) is 6.54 Å². The molecule has 2 aromatic rings. The van der Waals surface area contributed by atoms with E-state index in [0.29, 0.717) is 13.2 Å². The van der Waals surface area contributed by atoms with Crippen molar-refractivity contribution in [2.24, 2.45) is 5.73 Å². The highest BCUT2D eigenvalue weighted by atomic mass is 16.5. The fraction of sp³-hybridized carbons (Fsp3) is 0.333. The molecule has 2 N–H and O–H groups in total. The molecule has 0 heterocycles. The highest BCUT2D eigenvalue weighted by Gasteiger charge is 2.03. The minimum absolute atomic E-state index is 0.680. The van der Waals surface area contributed by atoms with Gasteiger partial charge in [0.1, 0.15) is 12.4 Å². The van der Waals surface area contributed by atoms with Crippen LogP contribution in [-0.4, -0.2) is 26.2 Å². The Morgan fingerprint density at radius 3 is 2.33 bits per heavy atom. The number of rotatable bonds is 8. The van der Waals surface area contributed by atoms with E-state index in [1.165, 1.54) is 11.3 Å². The van der Waals surface area contributed by atoms with Crippen molar-refractivity contribution in [1.29, 1.82) is 0 Å². The maximum absolute atomic E-state index is 5.82. The number of nitrogens with two attached hydrogens (primary N) is 1. The fourth-order valence-electron chi connectivity index (χ4n) is 2.30. The molecule has 21 heavy (non-hydrogen) atoms. The molecule has 0 radical (unpaired) electrons. The zero-order valence-electron chi connectivity index (χ0n) is 12.7. The Bertz CT molecular complexity index is 511. The van der Waals surface area contributed by atoms with Crippen molar-refractivity contribution in [3.63, 3.8) is 0 Å². The predicted molar refractivity (Wildman–Crippen MR) is 89.0 cm³/mol. The summed E-state index contributed by atoms with van der Waals surface area (Å²) >= 11 is 0. The van der Waals surface area contributed by atoms with Crippen molar-refractivity contribution in [3.05, 3.63) is 60.2 Å². The van der Waals surface area contributed by atoms with Gasteiger partial charge in [0.2, 0.25) is 0 Å². The van der Waals surface area contributed by atoms with Gasteiger partial charge in [0.25, 0.3) is 0 Å². The molecule has 112 valence electrons. The van der Waals surface area contributed by atoms with Crippen molar-refractivity contribution in [3.8, 4) is 5.75 Å². The fourth-order valence-corrected chi connectivity index (χ4v) is 2.30. The van der Waals surface area contributed by atoms with Gasteiger partial charge in [0.15, 0.2) is 0 Å². The first kappa shape index (κ1) is 15.4. The second kappa shape index (κ2) is 8.32. The first-order chi connectivity index (χ1) is 10.3. The number of likely N-dealkylation sites (N-methyl/N-ethyl adjacent to an activating group) is 1. The van der Waals surface area contributed by atoms with Gasteiger partial charge < -0.3 is 15.4 Å². The molecule has 0 saturated carbocycles. The third kappa shape index (κ3) is 4.80. The molecule has 2 rings (SSSR count). The molecule has 2 aromatic carbocycles. The molecule has 0 spiro atoms. The molecule has 0 fully saturated rings. The second-order valence-electron chi connectivity index (χ2n) is 4.95. The van der Waals surface area contributed by atoms with Crippen LogP contribution in [0.15, 0.2) is 54.6 Å². The number of nitrogens with zero attached hydrogens (tertiary/aromatic N) is 1. The van der Waals surface area contributed by atoms with Crippen molar-refractivity contribution >= 4 is 5.69 Å². The van der Waals surface area contributed by atoms with Crippen LogP contribution < -0.4 is 15.4 Å². The van der Waals surface area contributed by atoms with Gasteiger partial charge in [0, 0.05) is 12.2 Å². The van der Waals surface area contributed by atoms with Crippen molar-refractivity contribution in [2.75, 3.05) is 31.1 Å². The van der Waals surface area contributed by atoms with E-state index in [2.05, 4.69) is 48.2 Å². The lowest BCUT2D eigenvalue weighted by atomic mass is 10.1. The Morgan fingerprint density at radius 2 is 1.71 bits per heavy atom. The van der Waals surface area contributed by atoms with Gasteiger partial charge in [-0.25, -0.2) is 0 Å². The lowest BCUT2D eigenvalue weighted by Crippen LogP contribution is -2.27. The molecule has 0 aliphatic carbocycles. The van der Waals surface area contributed by atoms with E-state index < -0.39 is 0 Å². The highest BCUT2D eigenvalue weighted by molar-refractivity contribution is 5.45. The van der Waals surface area contributed by atoms with E-state index >= 15 is 0 Å². The molecule has 3 heteroatoms. The third-order valence-electron chi connectivity index (χ3n) is 3.49. The van der Waals surface area contributed by atoms with Crippen LogP contribution in [0.25, 0.3) is 0 Å². The summed E-state index contributed by atoms with van der Waals surface area (Å²) in [6, 6.07) is 18.6. The molecule has 0 amide bonds. The molecule has 0 aliphatic heterocycles. The SMILES string of the molecule is CCN(CCOc1ccc(CCN)cc1)c1ccccc1. The van der Waals surface area contributed by atoms with Crippen LogP contribution in [0.1, 0.15) is 12.5 Å². The van der Waals surface area contributed by atoms with E-state index in [9.17, 15) is 0 Å². The minimum atomic E-state index is 0.680. The Hall–Kier alpha value is -2.00. The molecule has 3 nitrogen and oxygen atoms in total. The lowest BCUT2D eigenvalue weighted by molar-refractivity contribution is 0.324. The molecule has 0 aliphatic rings. The zero-order chi connectivity index (χ0) is 14.9. The first-order valence-corrected chi connectivity index (χ1v) is 7.55. The summed E-state index contributed by atoms with van der Waals surface area (Å²) in [6.07, 6.45) is 0.915.